The van der Waals surface area contributed by atoms with E-state index in [0.29, 0.717) is 19.3 Å². The van der Waals surface area contributed by atoms with Gasteiger partial charge in [-0.2, -0.15) is 5.26 Å². The van der Waals surface area contributed by atoms with Crippen molar-refractivity contribution in [1.29, 1.82) is 5.26 Å². The van der Waals surface area contributed by atoms with Crippen LogP contribution in [-0.4, -0.2) is 5.78 Å². The molecule has 2 heteroatoms. The third-order valence-electron chi connectivity index (χ3n) is 4.20. The molecule has 0 heterocycles. The van der Waals surface area contributed by atoms with Gasteiger partial charge in [0.25, 0.3) is 0 Å². The smallest absolute Gasteiger partial charge is 0.164 e. The number of nitriles is 1. The predicted molar refractivity (Wildman–Crippen MR) is 77.5 cm³/mol. The van der Waals surface area contributed by atoms with Crippen molar-refractivity contribution in [3.63, 3.8) is 0 Å². The number of carbonyl (C=O) groups excluding carboxylic acids is 1. The lowest BCUT2D eigenvalue weighted by atomic mass is 9.72. The molecule has 0 saturated carbocycles. The number of nitrogens with zero attached hydrogens (tertiary/aromatic N) is 1. The van der Waals surface area contributed by atoms with Crippen molar-refractivity contribution in [1.82, 2.24) is 0 Å². The summed E-state index contributed by atoms with van der Waals surface area (Å²) >= 11 is 0. The van der Waals surface area contributed by atoms with E-state index in [-0.39, 0.29) is 11.2 Å². The van der Waals surface area contributed by atoms with Crippen LogP contribution in [0.15, 0.2) is 54.6 Å². The first-order chi connectivity index (χ1) is 9.78. The maximum Gasteiger partial charge on any atom is 0.164 e. The summed E-state index contributed by atoms with van der Waals surface area (Å²) in [6.45, 7) is 0. The maximum atomic E-state index is 12.3. The predicted octanol–water partition coefficient (Wildman–Crippen LogP) is 3.86. The molecule has 0 saturated heterocycles. The van der Waals surface area contributed by atoms with E-state index in [1.807, 2.05) is 42.5 Å². The highest BCUT2D eigenvalue weighted by Gasteiger charge is 2.43. The molecular formula is C18H15NO. The van der Waals surface area contributed by atoms with Gasteiger partial charge in [0.15, 0.2) is 5.78 Å². The first-order valence-electron chi connectivity index (χ1n) is 6.83. The second-order valence-electron chi connectivity index (χ2n) is 5.25. The molecule has 3 rings (SSSR count). The van der Waals surface area contributed by atoms with Crippen LogP contribution in [0.3, 0.4) is 0 Å². The highest BCUT2D eigenvalue weighted by Crippen LogP contribution is 2.47. The lowest BCUT2D eigenvalue weighted by Gasteiger charge is -2.29. The number of rotatable bonds is 3. The van der Waals surface area contributed by atoms with E-state index in [4.69, 9.17) is 5.26 Å². The maximum absolute atomic E-state index is 12.3. The third-order valence-corrected chi connectivity index (χ3v) is 4.20. The van der Waals surface area contributed by atoms with E-state index < -0.39 is 0 Å². The molecule has 2 nitrogen and oxygen atoms in total. The van der Waals surface area contributed by atoms with E-state index in [1.54, 1.807) is 0 Å². The molecule has 0 fully saturated rings. The minimum absolute atomic E-state index is 0.183. The minimum atomic E-state index is -0.329. The summed E-state index contributed by atoms with van der Waals surface area (Å²) in [6.07, 6.45) is 1.62. The third kappa shape index (κ3) is 1.83. The Morgan fingerprint density at radius 2 is 1.75 bits per heavy atom. The van der Waals surface area contributed by atoms with Gasteiger partial charge in [-0.15, -0.1) is 0 Å². The lowest BCUT2D eigenvalue weighted by molar-refractivity contribution is 0.0978. The molecule has 1 atom stereocenters. The van der Waals surface area contributed by atoms with Crippen molar-refractivity contribution < 1.29 is 4.79 Å². The monoisotopic (exact) mass is 261 g/mol. The summed E-state index contributed by atoms with van der Waals surface area (Å²) in [4.78, 5) is 12.3. The van der Waals surface area contributed by atoms with E-state index in [9.17, 15) is 4.79 Å². The molecule has 98 valence electrons. The summed E-state index contributed by atoms with van der Waals surface area (Å²) < 4.78 is 0. The first kappa shape index (κ1) is 12.6. The van der Waals surface area contributed by atoms with E-state index in [0.717, 1.165) is 16.7 Å². The molecule has 1 unspecified atom stereocenters. The van der Waals surface area contributed by atoms with Gasteiger partial charge in [-0.1, -0.05) is 54.6 Å². The number of benzene rings is 2. The average molecular weight is 261 g/mol. The van der Waals surface area contributed by atoms with Gasteiger partial charge in [0.05, 0.1) is 6.07 Å². The van der Waals surface area contributed by atoms with Crippen LogP contribution >= 0.6 is 0 Å². The standard InChI is InChI=1S/C18H15NO/c19-12-6-11-18(14-7-2-1-3-8-14)13-17(20)15-9-4-5-10-16(15)18/h1-5,7-10H,6,11,13H2. The molecule has 0 aromatic heterocycles. The van der Waals surface area contributed by atoms with Crippen molar-refractivity contribution in [2.45, 2.75) is 24.7 Å². The molecule has 2 aromatic carbocycles. The highest BCUT2D eigenvalue weighted by molar-refractivity contribution is 6.03. The SMILES string of the molecule is N#CCCC1(c2ccccc2)CC(=O)c2ccccc21. The van der Waals surface area contributed by atoms with Gasteiger partial charge in [0.1, 0.15) is 0 Å². The van der Waals surface area contributed by atoms with Crippen molar-refractivity contribution in [3.05, 3.63) is 71.3 Å². The van der Waals surface area contributed by atoms with E-state index >= 15 is 0 Å². The number of ketones is 1. The van der Waals surface area contributed by atoms with Crippen molar-refractivity contribution >= 4 is 5.78 Å². The highest BCUT2D eigenvalue weighted by atomic mass is 16.1. The Balaban J connectivity index is 2.19. The number of hydrogen-bond acceptors (Lipinski definition) is 2. The summed E-state index contributed by atoms with van der Waals surface area (Å²) in [7, 11) is 0. The number of Topliss-reactive ketones (excluding diaryl/α,β-unsaturated/α-hetero) is 1. The zero-order valence-electron chi connectivity index (χ0n) is 11.2. The minimum Gasteiger partial charge on any atom is -0.294 e. The molecule has 0 aliphatic heterocycles. The van der Waals surface area contributed by atoms with E-state index in [1.165, 1.54) is 0 Å². The summed E-state index contributed by atoms with van der Waals surface area (Å²) in [5.41, 5.74) is 2.69. The van der Waals surface area contributed by atoms with Gasteiger partial charge in [-0.05, 0) is 17.5 Å². The largest absolute Gasteiger partial charge is 0.294 e. The number of hydrogen-bond donors (Lipinski definition) is 0. The Kier molecular flexibility index (Phi) is 3.12. The Bertz CT molecular complexity index is 684. The quantitative estimate of drug-likeness (QED) is 0.841. The van der Waals surface area contributed by atoms with Crippen LogP contribution in [0.5, 0.6) is 0 Å². The Hall–Kier alpha value is -2.40. The summed E-state index contributed by atoms with van der Waals surface area (Å²) in [5.74, 6) is 0.183. The zero-order chi connectivity index (χ0) is 14.0. The van der Waals surface area contributed by atoms with Crippen LogP contribution in [0.1, 0.15) is 40.7 Å². The van der Waals surface area contributed by atoms with Crippen LogP contribution in [0.25, 0.3) is 0 Å². The number of fused-ring (bicyclic) bond motifs is 1. The Morgan fingerprint density at radius 1 is 1.05 bits per heavy atom. The van der Waals surface area contributed by atoms with Crippen LogP contribution in [-0.2, 0) is 5.41 Å². The molecule has 1 aliphatic carbocycles. The summed E-state index contributed by atoms with van der Waals surface area (Å²) in [5, 5.41) is 8.97. The molecular weight excluding hydrogens is 246 g/mol. The fourth-order valence-electron chi connectivity index (χ4n) is 3.26. The fourth-order valence-corrected chi connectivity index (χ4v) is 3.26. The van der Waals surface area contributed by atoms with Crippen molar-refractivity contribution in [2.75, 3.05) is 0 Å². The second kappa shape index (κ2) is 4.94. The van der Waals surface area contributed by atoms with Gasteiger partial charge >= 0.3 is 0 Å². The molecule has 0 N–H and O–H groups in total. The van der Waals surface area contributed by atoms with Gasteiger partial charge in [0.2, 0.25) is 0 Å². The normalized spacial score (nSPS) is 20.4. The van der Waals surface area contributed by atoms with Crippen molar-refractivity contribution in [3.8, 4) is 6.07 Å². The second-order valence-corrected chi connectivity index (χ2v) is 5.25. The average Bonchev–Trinajstić information content (AvgIpc) is 2.80. The van der Waals surface area contributed by atoms with Crippen LogP contribution in [0.4, 0.5) is 0 Å². The summed E-state index contributed by atoms with van der Waals surface area (Å²) in [6, 6.07) is 20.1. The first-order valence-corrected chi connectivity index (χ1v) is 6.83. The Labute approximate surface area is 118 Å². The topological polar surface area (TPSA) is 40.9 Å². The van der Waals surface area contributed by atoms with Crippen LogP contribution < -0.4 is 0 Å². The molecule has 0 spiro atoms. The molecule has 2 aromatic rings. The molecule has 0 amide bonds. The van der Waals surface area contributed by atoms with E-state index in [2.05, 4.69) is 18.2 Å². The van der Waals surface area contributed by atoms with Gasteiger partial charge in [-0.3, -0.25) is 4.79 Å². The zero-order valence-corrected chi connectivity index (χ0v) is 11.2. The fraction of sp³-hybridized carbons (Fsp3) is 0.222. The van der Waals surface area contributed by atoms with Crippen molar-refractivity contribution in [2.24, 2.45) is 0 Å². The molecule has 0 bridgehead atoms. The van der Waals surface area contributed by atoms with Crippen LogP contribution in [0, 0.1) is 11.3 Å². The molecule has 1 aliphatic rings. The van der Waals surface area contributed by atoms with Gasteiger partial charge in [-0.25, -0.2) is 0 Å². The Morgan fingerprint density at radius 3 is 2.50 bits per heavy atom. The van der Waals surface area contributed by atoms with Gasteiger partial charge < -0.3 is 0 Å². The van der Waals surface area contributed by atoms with Gasteiger partial charge in [0, 0.05) is 23.8 Å². The lowest BCUT2D eigenvalue weighted by Crippen LogP contribution is -2.25. The molecule has 20 heavy (non-hydrogen) atoms. The van der Waals surface area contributed by atoms with Crippen LogP contribution in [0.2, 0.25) is 0 Å². The number of carbonyl (C=O) groups is 1. The molecule has 0 radical (unpaired) electrons.